The zero-order chi connectivity index (χ0) is 11.6. The van der Waals surface area contributed by atoms with Crippen LogP contribution < -0.4 is 0 Å². The molecule has 0 aromatic heterocycles. The Morgan fingerprint density at radius 1 is 1.62 bits per heavy atom. The number of carbonyl (C=O) groups is 1. The van der Waals surface area contributed by atoms with Gasteiger partial charge < -0.3 is 9.84 Å². The van der Waals surface area contributed by atoms with Gasteiger partial charge in [-0.25, -0.2) is 0 Å². The molecule has 4 heteroatoms. The van der Waals surface area contributed by atoms with Crippen LogP contribution in [0.15, 0.2) is 0 Å². The molecular formula is C12H21NO3. The van der Waals surface area contributed by atoms with E-state index < -0.39 is 11.4 Å². The van der Waals surface area contributed by atoms with Crippen LogP contribution in [0.1, 0.15) is 32.6 Å². The minimum atomic E-state index is -0.626. The summed E-state index contributed by atoms with van der Waals surface area (Å²) in [6.45, 7) is 5.32. The van der Waals surface area contributed by atoms with Crippen molar-refractivity contribution in [3.8, 4) is 0 Å². The van der Waals surface area contributed by atoms with Crippen LogP contribution in [0.25, 0.3) is 0 Å². The first-order chi connectivity index (χ1) is 7.68. The highest BCUT2D eigenvalue weighted by Crippen LogP contribution is 2.35. The van der Waals surface area contributed by atoms with E-state index in [4.69, 9.17) is 4.74 Å². The Morgan fingerprint density at radius 3 is 3.00 bits per heavy atom. The molecule has 2 aliphatic rings. The third-order valence-electron chi connectivity index (χ3n) is 4.16. The van der Waals surface area contributed by atoms with Crippen LogP contribution in [0.4, 0.5) is 0 Å². The van der Waals surface area contributed by atoms with Crippen LogP contribution in [0.3, 0.4) is 0 Å². The monoisotopic (exact) mass is 227 g/mol. The number of carboxylic acids is 1. The SMILES string of the molecule is CCC1(C(=O)O)CCCN(C2CCOC2)C1. The van der Waals surface area contributed by atoms with Gasteiger partial charge in [0.05, 0.1) is 12.0 Å². The second-order valence-corrected chi connectivity index (χ2v) is 5.03. The molecular weight excluding hydrogens is 206 g/mol. The number of rotatable bonds is 3. The molecule has 0 amide bonds. The van der Waals surface area contributed by atoms with Crippen molar-refractivity contribution in [2.45, 2.75) is 38.6 Å². The molecule has 2 unspecified atom stereocenters. The topological polar surface area (TPSA) is 49.8 Å². The van der Waals surface area contributed by atoms with E-state index in [-0.39, 0.29) is 0 Å². The van der Waals surface area contributed by atoms with E-state index in [2.05, 4.69) is 4.90 Å². The van der Waals surface area contributed by atoms with Gasteiger partial charge in [0.25, 0.3) is 0 Å². The average molecular weight is 227 g/mol. The number of ether oxygens (including phenoxy) is 1. The van der Waals surface area contributed by atoms with Gasteiger partial charge in [0, 0.05) is 19.2 Å². The van der Waals surface area contributed by atoms with Gasteiger partial charge in [-0.05, 0) is 32.2 Å². The molecule has 0 aliphatic carbocycles. The lowest BCUT2D eigenvalue weighted by molar-refractivity contribution is -0.153. The molecule has 16 heavy (non-hydrogen) atoms. The van der Waals surface area contributed by atoms with Gasteiger partial charge in [-0.15, -0.1) is 0 Å². The Bertz CT molecular complexity index is 263. The summed E-state index contributed by atoms with van der Waals surface area (Å²) in [4.78, 5) is 13.7. The molecule has 2 atom stereocenters. The summed E-state index contributed by atoms with van der Waals surface area (Å²) >= 11 is 0. The van der Waals surface area contributed by atoms with Gasteiger partial charge in [-0.3, -0.25) is 9.69 Å². The van der Waals surface area contributed by atoms with Crippen molar-refractivity contribution in [2.24, 2.45) is 5.41 Å². The number of aliphatic carboxylic acids is 1. The Labute approximate surface area is 96.6 Å². The van der Waals surface area contributed by atoms with E-state index in [0.29, 0.717) is 12.6 Å². The summed E-state index contributed by atoms with van der Waals surface area (Å²) in [6, 6.07) is 0.450. The fourth-order valence-electron chi connectivity index (χ4n) is 2.90. The summed E-state index contributed by atoms with van der Waals surface area (Å²) < 4.78 is 5.38. The smallest absolute Gasteiger partial charge is 0.310 e. The lowest BCUT2D eigenvalue weighted by Crippen LogP contribution is -2.51. The highest BCUT2D eigenvalue weighted by molar-refractivity contribution is 5.75. The molecule has 0 spiro atoms. The van der Waals surface area contributed by atoms with Crippen LogP contribution in [0, 0.1) is 5.41 Å². The van der Waals surface area contributed by atoms with Crippen LogP contribution >= 0.6 is 0 Å². The van der Waals surface area contributed by atoms with Gasteiger partial charge in [0.1, 0.15) is 0 Å². The molecule has 2 fully saturated rings. The number of carboxylic acid groups (broad SMARTS) is 1. The second kappa shape index (κ2) is 4.72. The quantitative estimate of drug-likeness (QED) is 0.790. The van der Waals surface area contributed by atoms with Gasteiger partial charge in [-0.2, -0.15) is 0 Å². The van der Waals surface area contributed by atoms with Crippen molar-refractivity contribution in [1.82, 2.24) is 4.90 Å². The number of nitrogens with zero attached hydrogens (tertiary/aromatic N) is 1. The molecule has 0 aromatic carbocycles. The Balaban J connectivity index is 2.04. The molecule has 0 bridgehead atoms. The van der Waals surface area contributed by atoms with E-state index in [1.807, 2.05) is 6.92 Å². The number of hydrogen-bond acceptors (Lipinski definition) is 3. The zero-order valence-electron chi connectivity index (χ0n) is 9.95. The molecule has 1 N–H and O–H groups in total. The van der Waals surface area contributed by atoms with Crippen molar-refractivity contribution in [2.75, 3.05) is 26.3 Å². The van der Waals surface area contributed by atoms with Gasteiger partial charge in [-0.1, -0.05) is 6.92 Å². The van der Waals surface area contributed by atoms with Crippen molar-refractivity contribution in [3.63, 3.8) is 0 Å². The van der Waals surface area contributed by atoms with E-state index in [1.54, 1.807) is 0 Å². The summed E-state index contributed by atoms with van der Waals surface area (Å²) in [5, 5.41) is 9.39. The van der Waals surface area contributed by atoms with Crippen molar-refractivity contribution in [3.05, 3.63) is 0 Å². The van der Waals surface area contributed by atoms with E-state index in [1.165, 1.54) is 0 Å². The molecule has 0 saturated carbocycles. The number of hydrogen-bond donors (Lipinski definition) is 1. The second-order valence-electron chi connectivity index (χ2n) is 5.03. The van der Waals surface area contributed by atoms with E-state index >= 15 is 0 Å². The van der Waals surface area contributed by atoms with Crippen molar-refractivity contribution >= 4 is 5.97 Å². The summed E-state index contributed by atoms with van der Waals surface area (Å²) in [6.07, 6.45) is 3.60. The first-order valence-electron chi connectivity index (χ1n) is 6.23. The van der Waals surface area contributed by atoms with E-state index in [0.717, 1.165) is 45.4 Å². The average Bonchev–Trinajstić information content (AvgIpc) is 2.82. The summed E-state index contributed by atoms with van der Waals surface area (Å²) in [5.74, 6) is -0.626. The predicted octanol–water partition coefficient (Wildman–Crippen LogP) is 1.35. The Morgan fingerprint density at radius 2 is 2.44 bits per heavy atom. The number of likely N-dealkylation sites (tertiary alicyclic amines) is 1. The third kappa shape index (κ3) is 2.09. The maximum Gasteiger partial charge on any atom is 0.310 e. The minimum Gasteiger partial charge on any atom is -0.481 e. The molecule has 0 radical (unpaired) electrons. The number of piperidine rings is 1. The molecule has 2 heterocycles. The Hall–Kier alpha value is -0.610. The van der Waals surface area contributed by atoms with Crippen LogP contribution in [0.2, 0.25) is 0 Å². The predicted molar refractivity (Wildman–Crippen MR) is 60.4 cm³/mol. The van der Waals surface area contributed by atoms with Crippen LogP contribution in [0.5, 0.6) is 0 Å². The normalized spacial score (nSPS) is 36.4. The van der Waals surface area contributed by atoms with Gasteiger partial charge in [0.15, 0.2) is 0 Å². The molecule has 2 aliphatic heterocycles. The lowest BCUT2D eigenvalue weighted by atomic mass is 9.77. The lowest BCUT2D eigenvalue weighted by Gasteiger charge is -2.41. The summed E-state index contributed by atoms with van der Waals surface area (Å²) in [5.41, 5.74) is -0.513. The molecule has 4 nitrogen and oxygen atoms in total. The first kappa shape index (κ1) is 11.9. The van der Waals surface area contributed by atoms with Crippen LogP contribution in [-0.2, 0) is 9.53 Å². The molecule has 2 rings (SSSR count). The maximum atomic E-state index is 11.4. The summed E-state index contributed by atoms with van der Waals surface area (Å²) in [7, 11) is 0. The standard InChI is InChI=1S/C12H21NO3/c1-2-12(11(14)15)5-3-6-13(9-12)10-4-7-16-8-10/h10H,2-9H2,1H3,(H,14,15). The van der Waals surface area contributed by atoms with Crippen LogP contribution in [-0.4, -0.2) is 48.3 Å². The largest absolute Gasteiger partial charge is 0.481 e. The zero-order valence-corrected chi connectivity index (χ0v) is 9.95. The van der Waals surface area contributed by atoms with Crippen molar-refractivity contribution in [1.29, 1.82) is 0 Å². The van der Waals surface area contributed by atoms with Crippen molar-refractivity contribution < 1.29 is 14.6 Å². The molecule has 2 saturated heterocycles. The third-order valence-corrected chi connectivity index (χ3v) is 4.16. The first-order valence-corrected chi connectivity index (χ1v) is 6.23. The highest BCUT2D eigenvalue weighted by atomic mass is 16.5. The molecule has 0 aromatic rings. The van der Waals surface area contributed by atoms with E-state index in [9.17, 15) is 9.90 Å². The minimum absolute atomic E-state index is 0.450. The molecule has 92 valence electrons. The maximum absolute atomic E-state index is 11.4. The fraction of sp³-hybridized carbons (Fsp3) is 0.917. The Kier molecular flexibility index (Phi) is 3.50. The fourth-order valence-corrected chi connectivity index (χ4v) is 2.90. The van der Waals surface area contributed by atoms with Gasteiger partial charge >= 0.3 is 5.97 Å². The van der Waals surface area contributed by atoms with Gasteiger partial charge in [0.2, 0.25) is 0 Å². The highest BCUT2D eigenvalue weighted by Gasteiger charge is 2.42.